The summed E-state index contributed by atoms with van der Waals surface area (Å²) in [6.07, 6.45) is 3.48. The van der Waals surface area contributed by atoms with Crippen molar-refractivity contribution < 1.29 is 34.1 Å². The zero-order valence-electron chi connectivity index (χ0n) is 25.8. The number of amides is 3. The topological polar surface area (TPSA) is 128 Å². The summed E-state index contributed by atoms with van der Waals surface area (Å²) in [5.74, 6) is -1.94. The smallest absolute Gasteiger partial charge is 0.304 e. The van der Waals surface area contributed by atoms with Gasteiger partial charge in [-0.05, 0) is 41.3 Å². The van der Waals surface area contributed by atoms with Gasteiger partial charge in [-0.25, -0.2) is 0 Å². The summed E-state index contributed by atoms with van der Waals surface area (Å²) in [6, 6.07) is 21.8. The Morgan fingerprint density at radius 2 is 1.76 bits per heavy atom. The molecule has 1 unspecified atom stereocenters. The number of aliphatic hydroxyl groups is 2. The maximum Gasteiger partial charge on any atom is 0.304 e. The van der Waals surface area contributed by atoms with Crippen LogP contribution in [-0.4, -0.2) is 57.7 Å². The van der Waals surface area contributed by atoms with E-state index in [-0.39, 0.29) is 43.8 Å². The molecule has 1 fully saturated rings. The van der Waals surface area contributed by atoms with Crippen LogP contribution in [0.15, 0.2) is 84.9 Å². The lowest BCUT2D eigenvalue weighted by molar-refractivity contribution is -0.154. The van der Waals surface area contributed by atoms with Crippen molar-refractivity contribution >= 4 is 35.1 Å². The second-order valence-corrected chi connectivity index (χ2v) is 12.1. The number of hydrogen-bond donors (Lipinski definition) is 2. The van der Waals surface area contributed by atoms with Crippen LogP contribution in [0.3, 0.4) is 0 Å². The Labute approximate surface area is 267 Å². The van der Waals surface area contributed by atoms with Crippen LogP contribution in [0.25, 0.3) is 0 Å². The molecule has 3 heterocycles. The minimum Gasteiger partial charge on any atom is -0.441 e. The largest absolute Gasteiger partial charge is 0.441 e. The molecule has 238 valence electrons. The molecule has 0 radical (unpaired) electrons. The number of esters is 1. The van der Waals surface area contributed by atoms with E-state index in [4.69, 9.17) is 4.74 Å². The van der Waals surface area contributed by atoms with E-state index >= 15 is 0 Å². The van der Waals surface area contributed by atoms with Gasteiger partial charge in [0.25, 0.3) is 5.91 Å². The van der Waals surface area contributed by atoms with E-state index in [1.807, 2.05) is 30.3 Å². The number of rotatable bonds is 9. The highest BCUT2D eigenvalue weighted by Gasteiger charge is 2.52. The molecule has 0 aromatic heterocycles. The van der Waals surface area contributed by atoms with Crippen molar-refractivity contribution in [2.75, 3.05) is 16.4 Å². The predicted octanol–water partition coefficient (Wildman–Crippen LogP) is 3.58. The van der Waals surface area contributed by atoms with E-state index in [0.29, 0.717) is 29.9 Å². The molecule has 4 atom stereocenters. The number of β-lactam (4-membered cyclic amide) rings is 1. The van der Waals surface area contributed by atoms with E-state index in [2.05, 4.69) is 0 Å². The number of fused-ring (bicyclic) bond motifs is 2. The summed E-state index contributed by atoms with van der Waals surface area (Å²) in [4.78, 5) is 55.7. The zero-order valence-corrected chi connectivity index (χ0v) is 25.8. The number of hydrogen-bond acceptors (Lipinski definition) is 7. The molecule has 1 saturated heterocycles. The first-order valence-corrected chi connectivity index (χ1v) is 15.5. The number of anilines is 2. The molecule has 3 aliphatic heterocycles. The number of ether oxygens (including phenoxy) is 1. The van der Waals surface area contributed by atoms with E-state index in [0.717, 1.165) is 16.7 Å². The number of carbonyl (C=O) groups is 4. The number of carbonyl (C=O) groups excluding carboxylic acids is 4. The summed E-state index contributed by atoms with van der Waals surface area (Å²) >= 11 is 0. The lowest BCUT2D eigenvalue weighted by Gasteiger charge is -2.39. The normalized spacial score (nSPS) is 22.8. The molecule has 3 amide bonds. The lowest BCUT2D eigenvalue weighted by Crippen LogP contribution is -2.54. The molecule has 10 nitrogen and oxygen atoms in total. The third-order valence-electron chi connectivity index (χ3n) is 9.18. The van der Waals surface area contributed by atoms with Gasteiger partial charge in [0.05, 0.1) is 31.3 Å². The van der Waals surface area contributed by atoms with Crippen molar-refractivity contribution in [2.24, 2.45) is 5.92 Å². The van der Waals surface area contributed by atoms with Crippen LogP contribution in [0.1, 0.15) is 48.9 Å². The minimum absolute atomic E-state index is 0.0645. The van der Waals surface area contributed by atoms with Crippen molar-refractivity contribution in [1.29, 1.82) is 0 Å². The molecule has 3 aromatic rings. The van der Waals surface area contributed by atoms with Crippen molar-refractivity contribution in [2.45, 2.75) is 64.1 Å². The average Bonchev–Trinajstić information content (AvgIpc) is 3.26. The third-order valence-corrected chi connectivity index (χ3v) is 9.18. The molecular formula is C36H37N3O7. The number of aliphatic hydroxyl groups excluding tert-OH is 1. The van der Waals surface area contributed by atoms with Gasteiger partial charge in [-0.1, -0.05) is 73.7 Å². The molecule has 2 N–H and O–H groups in total. The SMILES string of the molecule is CC(=O)OC1CC(=O)N1c1cccc(CN2C(=O)[C@](O)([C@H](C)/C=C/CC(=O)N3Cc4ccccc4C[C@H]3CO)c3ccccc32)c1. The summed E-state index contributed by atoms with van der Waals surface area (Å²) in [7, 11) is 0. The highest BCUT2D eigenvalue weighted by molar-refractivity contribution is 6.07. The molecule has 10 heteroatoms. The molecule has 0 spiro atoms. The predicted molar refractivity (Wildman–Crippen MR) is 170 cm³/mol. The van der Waals surface area contributed by atoms with Crippen LogP contribution in [-0.2, 0) is 49.0 Å². The van der Waals surface area contributed by atoms with E-state index in [1.165, 1.54) is 16.7 Å². The van der Waals surface area contributed by atoms with E-state index in [1.54, 1.807) is 66.4 Å². The Morgan fingerprint density at radius 3 is 2.50 bits per heavy atom. The van der Waals surface area contributed by atoms with Crippen LogP contribution in [0.5, 0.6) is 0 Å². The molecule has 3 aromatic carbocycles. The number of benzene rings is 3. The Morgan fingerprint density at radius 1 is 1.02 bits per heavy atom. The molecule has 3 aliphatic rings. The Kier molecular flexibility index (Phi) is 8.50. The van der Waals surface area contributed by atoms with Gasteiger partial charge in [0.1, 0.15) is 0 Å². The van der Waals surface area contributed by atoms with Crippen molar-refractivity contribution in [3.05, 3.63) is 107 Å². The van der Waals surface area contributed by atoms with Crippen molar-refractivity contribution in [1.82, 2.24) is 4.90 Å². The van der Waals surface area contributed by atoms with Gasteiger partial charge in [0.2, 0.25) is 11.8 Å². The van der Waals surface area contributed by atoms with E-state index in [9.17, 15) is 29.4 Å². The lowest BCUT2D eigenvalue weighted by atomic mass is 9.83. The van der Waals surface area contributed by atoms with Gasteiger partial charge in [-0.15, -0.1) is 0 Å². The highest BCUT2D eigenvalue weighted by Crippen LogP contribution is 2.46. The fourth-order valence-electron chi connectivity index (χ4n) is 6.70. The number of para-hydroxylation sites is 1. The molecule has 0 saturated carbocycles. The second-order valence-electron chi connectivity index (χ2n) is 12.1. The van der Waals surface area contributed by atoms with Gasteiger partial charge in [0.15, 0.2) is 11.8 Å². The van der Waals surface area contributed by atoms with Gasteiger partial charge in [-0.3, -0.25) is 24.1 Å². The Bertz CT molecular complexity index is 1720. The van der Waals surface area contributed by atoms with Crippen LogP contribution < -0.4 is 9.80 Å². The molecule has 0 bridgehead atoms. The fourth-order valence-corrected chi connectivity index (χ4v) is 6.70. The Hall–Kier alpha value is -4.80. The first kappa shape index (κ1) is 31.2. The van der Waals surface area contributed by atoms with Crippen LogP contribution >= 0.6 is 0 Å². The van der Waals surface area contributed by atoms with Crippen LogP contribution in [0.4, 0.5) is 11.4 Å². The third kappa shape index (κ3) is 5.59. The van der Waals surface area contributed by atoms with Gasteiger partial charge >= 0.3 is 5.97 Å². The van der Waals surface area contributed by atoms with Crippen molar-refractivity contribution in [3.63, 3.8) is 0 Å². The molecule has 46 heavy (non-hydrogen) atoms. The molecular weight excluding hydrogens is 586 g/mol. The molecule has 0 aliphatic carbocycles. The monoisotopic (exact) mass is 623 g/mol. The summed E-state index contributed by atoms with van der Waals surface area (Å²) in [6.45, 7) is 3.47. The minimum atomic E-state index is -1.86. The first-order valence-electron chi connectivity index (χ1n) is 15.5. The number of nitrogens with zero attached hydrogens (tertiary/aromatic N) is 3. The highest BCUT2D eigenvalue weighted by atomic mass is 16.6. The maximum absolute atomic E-state index is 14.0. The fraction of sp³-hybridized carbons (Fsp3) is 0.333. The standard InChI is InChI=1S/C36H37N3O7/c1-23(9-7-16-32(42)37-21-27-12-4-3-11-26(27)18-29(37)22-40)36(45)30-14-5-6-15-31(30)38(35(36)44)20-25-10-8-13-28(17-25)39-33(43)19-34(39)46-24(2)41/h3-15,17,23,29,34,40,45H,16,18-22H2,1-2H3/b9-7+/t23-,29+,34?,36+/m1/s1. The van der Waals surface area contributed by atoms with Gasteiger partial charge < -0.3 is 24.7 Å². The van der Waals surface area contributed by atoms with E-state index < -0.39 is 29.6 Å². The Balaban J connectivity index is 1.17. The maximum atomic E-state index is 14.0. The summed E-state index contributed by atoms with van der Waals surface area (Å²) < 4.78 is 5.25. The van der Waals surface area contributed by atoms with Gasteiger partial charge in [0, 0.05) is 37.1 Å². The molecule has 6 rings (SSSR count). The quantitative estimate of drug-likeness (QED) is 0.212. The van der Waals surface area contributed by atoms with Crippen LogP contribution in [0, 0.1) is 5.92 Å². The van der Waals surface area contributed by atoms with Crippen LogP contribution in [0.2, 0.25) is 0 Å². The summed E-state index contributed by atoms with van der Waals surface area (Å²) in [5.41, 5.74) is 2.66. The van der Waals surface area contributed by atoms with Gasteiger partial charge in [-0.2, -0.15) is 0 Å². The second kappa shape index (κ2) is 12.5. The zero-order chi connectivity index (χ0) is 32.6. The first-order chi connectivity index (χ1) is 22.1. The average molecular weight is 624 g/mol. The van der Waals surface area contributed by atoms with Crippen molar-refractivity contribution in [3.8, 4) is 0 Å². The summed E-state index contributed by atoms with van der Waals surface area (Å²) in [5, 5.41) is 22.0.